The molecule has 18 nitrogen and oxygen atoms in total. The summed E-state index contributed by atoms with van der Waals surface area (Å²) in [4.78, 5) is 128. The highest BCUT2D eigenvalue weighted by atomic mass is 16.1. The van der Waals surface area contributed by atoms with Crippen molar-refractivity contribution in [3.8, 4) is 0 Å². The summed E-state index contributed by atoms with van der Waals surface area (Å²) in [5.74, 6) is -0.140. The number of hydrogen-bond acceptors (Lipinski definition) is 18. The van der Waals surface area contributed by atoms with Crippen LogP contribution in [0.3, 0.4) is 0 Å². The van der Waals surface area contributed by atoms with Crippen LogP contribution >= 0.6 is 0 Å². The van der Waals surface area contributed by atoms with Crippen LogP contribution in [0.15, 0.2) is 62.2 Å². The Labute approximate surface area is 535 Å². The number of nitrogens with one attached hydrogen (secondary N) is 1. The van der Waals surface area contributed by atoms with E-state index in [-0.39, 0.29) is 18.5 Å². The van der Waals surface area contributed by atoms with Crippen molar-refractivity contribution in [2.75, 3.05) is 26.2 Å². The summed E-state index contributed by atoms with van der Waals surface area (Å²) in [6.07, 6.45) is 65.1. The van der Waals surface area contributed by atoms with Crippen molar-refractivity contribution in [1.29, 1.82) is 5.41 Å². The summed E-state index contributed by atoms with van der Waals surface area (Å²) < 4.78 is 0. The van der Waals surface area contributed by atoms with Gasteiger partial charge in [0, 0.05) is 0 Å². The van der Waals surface area contributed by atoms with Crippen molar-refractivity contribution >= 4 is 54.7 Å². The number of aliphatic imine (C=N–C) groups is 8. The van der Waals surface area contributed by atoms with E-state index in [9.17, 15) is 38.4 Å². The fourth-order valence-electron chi connectivity index (χ4n) is 12.5. The van der Waals surface area contributed by atoms with Crippen molar-refractivity contribution in [1.82, 2.24) is 0 Å². The molecule has 0 amide bonds. The van der Waals surface area contributed by atoms with Gasteiger partial charge in [-0.25, -0.2) is 73.5 Å². The summed E-state index contributed by atoms with van der Waals surface area (Å²) in [6.45, 7) is 10.1. The molecule has 0 aliphatic heterocycles. The van der Waals surface area contributed by atoms with Gasteiger partial charge >= 0.3 is 0 Å². The molecule has 0 fully saturated rings. The maximum atomic E-state index is 12.8. The van der Waals surface area contributed by atoms with Gasteiger partial charge < -0.3 is 0 Å². The lowest BCUT2D eigenvalue weighted by Crippen LogP contribution is -2.56. The molecule has 2 atom stereocenters. The number of unbranched alkanes of at least 4 members (excludes halogenated alkanes) is 37. The Morgan fingerprint density at radius 1 is 0.360 bits per heavy atom. The van der Waals surface area contributed by atoms with Crippen LogP contribution in [0.2, 0.25) is 0 Å². The predicted octanol–water partition coefficient (Wildman–Crippen LogP) is 18.6. The fraction of sp³-hybridized carbons (Fsp3) is 0.817. The fourth-order valence-corrected chi connectivity index (χ4v) is 12.5. The summed E-state index contributed by atoms with van der Waals surface area (Å²) in [5, 5.41) is 5.40. The second kappa shape index (κ2) is 64.9. The first kappa shape index (κ1) is 85.0. The van der Waals surface area contributed by atoms with E-state index in [1.165, 1.54) is 178 Å². The molecule has 0 aromatic rings. The lowest BCUT2D eigenvalue weighted by atomic mass is 9.60. The van der Waals surface area contributed by atoms with E-state index in [2.05, 4.69) is 55.7 Å². The van der Waals surface area contributed by atoms with Crippen LogP contribution in [-0.2, 0) is 43.2 Å². The first-order valence-electron chi connectivity index (χ1n) is 34.7. The van der Waals surface area contributed by atoms with Crippen molar-refractivity contribution in [3.63, 3.8) is 0 Å². The average Bonchev–Trinajstić information content (AvgIpc) is 2.21. The third-order valence-corrected chi connectivity index (χ3v) is 17.0. The van der Waals surface area contributed by atoms with Gasteiger partial charge in [0.15, 0.2) is 0 Å². The van der Waals surface area contributed by atoms with Gasteiger partial charge in [-0.15, -0.1) is 0 Å². The number of nitrogens with zero attached hydrogens (tertiary/aromatic N) is 8. The summed E-state index contributed by atoms with van der Waals surface area (Å²) in [5.41, 5.74) is 1.13. The van der Waals surface area contributed by atoms with E-state index in [0.29, 0.717) is 45.3 Å². The van der Waals surface area contributed by atoms with Crippen molar-refractivity contribution in [2.45, 2.75) is 340 Å². The van der Waals surface area contributed by atoms with Gasteiger partial charge in [-0.1, -0.05) is 252 Å². The minimum Gasteiger partial charge on any atom is -0.222 e. The summed E-state index contributed by atoms with van der Waals surface area (Å²) in [7, 11) is 0. The van der Waals surface area contributed by atoms with Crippen LogP contribution in [0, 0.1) is 11.3 Å². The molecular weight excluding hydrogens is 1120 g/mol. The van der Waals surface area contributed by atoms with Crippen LogP contribution in [0.25, 0.3) is 0 Å². The smallest absolute Gasteiger partial charge is 0.222 e. The minimum absolute atomic E-state index is 0.140. The largest absolute Gasteiger partial charge is 0.237 e. The minimum atomic E-state index is -1.74. The Balaban J connectivity index is 0. The van der Waals surface area contributed by atoms with Crippen LogP contribution in [0.1, 0.15) is 323 Å². The normalized spacial score (nSPS) is 15.1. The van der Waals surface area contributed by atoms with Crippen LogP contribution in [-0.4, -0.2) is 98.1 Å². The second-order valence-electron chi connectivity index (χ2n) is 24.0. The quantitative estimate of drug-likeness (QED) is 0.0344. The number of rotatable bonds is 59. The molecule has 1 N–H and O–H groups in total. The second-order valence-corrected chi connectivity index (χ2v) is 24.0. The highest BCUT2D eigenvalue weighted by Gasteiger charge is 2.61. The molecule has 0 aromatic carbocycles. The SMILES string of the molecule is CCC(CN=C=O)N=C=O.CCCC1(N=C=O)C(CCCCCCCCCCCCCN=C=O)=C(CCCCCCCCCCCCCCCN=C=O)C(CCCCCCCCCCCCCCCCCCN=C=O)=C(C(C)C)C1(N=C=O)N=C=O.N=C=O. The molecule has 1 aliphatic rings. The van der Waals surface area contributed by atoms with Gasteiger partial charge in [-0.05, 0) is 98.8 Å². The number of carbonyl (C=O) groups excluding carboxylic acids is 9. The summed E-state index contributed by atoms with van der Waals surface area (Å²) in [6, 6.07) is -0.209. The molecule has 0 spiro atoms. The highest BCUT2D eigenvalue weighted by molar-refractivity contribution is 5.62. The molecule has 1 aliphatic carbocycles. The topological polar surface area (TPSA) is 276 Å². The molecule has 18 heteroatoms. The zero-order valence-corrected chi connectivity index (χ0v) is 55.8. The van der Waals surface area contributed by atoms with Crippen molar-refractivity contribution in [3.05, 3.63) is 22.3 Å². The molecule has 0 bridgehead atoms. The maximum Gasteiger partial charge on any atom is 0.237 e. The molecule has 89 heavy (non-hydrogen) atoms. The van der Waals surface area contributed by atoms with Gasteiger partial charge in [-0.3, -0.25) is 0 Å². The molecule has 1 rings (SSSR count). The van der Waals surface area contributed by atoms with E-state index in [4.69, 9.17) is 15.2 Å². The van der Waals surface area contributed by atoms with E-state index in [1.54, 1.807) is 18.2 Å². The van der Waals surface area contributed by atoms with Gasteiger partial charge in [0.05, 0.1) is 32.2 Å². The molecule has 2 unspecified atom stereocenters. The van der Waals surface area contributed by atoms with Crippen LogP contribution in [0.5, 0.6) is 0 Å². The highest BCUT2D eigenvalue weighted by Crippen LogP contribution is 2.57. The Morgan fingerprint density at radius 3 is 0.921 bits per heavy atom. The average molecular weight is 1240 g/mol. The third-order valence-electron chi connectivity index (χ3n) is 17.0. The number of hydrogen-bond donors (Lipinski definition) is 1. The van der Waals surface area contributed by atoms with E-state index in [1.807, 2.05) is 25.2 Å². The lowest BCUT2D eigenvalue weighted by molar-refractivity contribution is 0.256. The lowest BCUT2D eigenvalue weighted by Gasteiger charge is -2.49. The van der Waals surface area contributed by atoms with Crippen LogP contribution in [0.4, 0.5) is 0 Å². The third kappa shape index (κ3) is 42.5. The molecule has 0 saturated carbocycles. The van der Waals surface area contributed by atoms with E-state index < -0.39 is 11.2 Å². The standard InChI is InChI=1S/C64H106N6O6.C6H8N2O2.CHNO/c1-4-48-63(68-55-74)61(47-41-35-29-23-17-14-20-26-32-38-44-51-67-54-73)59(45-39-33-27-21-15-11-9-13-19-25-31-37-43-50-66-53-72)60(62(58(2)3)64(63,69-56-75)70-57-76)46-40-34-28-22-16-10-7-5-6-8-12-18-24-30-36-42-49-65-52-71;1-2-6(8-5-10)3-7-4-9;2-1-3/h58H,4-51H2,1-3H3;6H,2-3H2,1H3;2H. The molecular formula is C71H115N9O9. The van der Waals surface area contributed by atoms with Gasteiger partial charge in [-0.2, -0.15) is 15.0 Å². The molecule has 0 saturated heterocycles. The first-order chi connectivity index (χ1) is 43.7. The van der Waals surface area contributed by atoms with E-state index >= 15 is 0 Å². The predicted molar refractivity (Wildman–Crippen MR) is 355 cm³/mol. The van der Waals surface area contributed by atoms with Gasteiger partial charge in [0.25, 0.3) is 0 Å². The Bertz CT molecular complexity index is 2300. The zero-order valence-electron chi connectivity index (χ0n) is 55.8. The van der Waals surface area contributed by atoms with Crippen molar-refractivity contribution < 1.29 is 43.2 Å². The first-order valence-corrected chi connectivity index (χ1v) is 34.7. The van der Waals surface area contributed by atoms with Gasteiger partial charge in [0.1, 0.15) is 5.54 Å². The van der Waals surface area contributed by atoms with Crippen molar-refractivity contribution in [2.24, 2.45) is 45.9 Å². The zero-order chi connectivity index (χ0) is 65.8. The molecule has 498 valence electrons. The van der Waals surface area contributed by atoms with Gasteiger partial charge in [0.2, 0.25) is 60.4 Å². The number of isocyanates is 9. The Morgan fingerprint density at radius 2 is 0.652 bits per heavy atom. The molecule has 0 aromatic heterocycles. The van der Waals surface area contributed by atoms with Crippen LogP contribution < -0.4 is 0 Å². The maximum absolute atomic E-state index is 12.8. The molecule has 0 radical (unpaired) electrons. The number of allylic oxidation sites excluding steroid dienone is 2. The summed E-state index contributed by atoms with van der Waals surface area (Å²) >= 11 is 0. The Kier molecular flexibility index (Phi) is 61.9. The molecule has 0 heterocycles. The monoisotopic (exact) mass is 1240 g/mol. The van der Waals surface area contributed by atoms with E-state index in [0.717, 1.165) is 132 Å². The Hall–Kier alpha value is -6.10.